The molecule has 2 aromatic carbocycles. The Labute approximate surface area is 166 Å². The standard InChI is InChI=1S/C20H18ClN3O2S/c1-12-18-19(27-11-17(25)22-20(18)24-23-12)15-4-2-3-5-16(15)26-10-13-6-8-14(21)9-7-13/h2-9,19H,10-11H2,1H3,(H2,22,23,24,25)/t19-/m1/s1. The van der Waals surface area contributed by atoms with E-state index in [1.54, 1.807) is 11.8 Å². The number of benzene rings is 2. The van der Waals surface area contributed by atoms with E-state index in [1.165, 1.54) is 0 Å². The fourth-order valence-electron chi connectivity index (χ4n) is 3.08. The lowest BCUT2D eigenvalue weighted by molar-refractivity contribution is -0.113. The smallest absolute Gasteiger partial charge is 0.235 e. The third-order valence-electron chi connectivity index (χ3n) is 4.40. The second-order valence-electron chi connectivity index (χ2n) is 6.30. The predicted molar refractivity (Wildman–Crippen MR) is 108 cm³/mol. The largest absolute Gasteiger partial charge is 0.489 e. The number of thioether (sulfide) groups is 1. The van der Waals surface area contributed by atoms with Crippen molar-refractivity contribution in [3.63, 3.8) is 0 Å². The summed E-state index contributed by atoms with van der Waals surface area (Å²) in [5.41, 5.74) is 4.00. The molecule has 1 aromatic heterocycles. The zero-order valence-electron chi connectivity index (χ0n) is 14.7. The van der Waals surface area contributed by atoms with Gasteiger partial charge in [-0.05, 0) is 30.7 Å². The van der Waals surface area contributed by atoms with Crippen molar-refractivity contribution in [1.82, 2.24) is 10.2 Å². The monoisotopic (exact) mass is 399 g/mol. The zero-order chi connectivity index (χ0) is 18.8. The van der Waals surface area contributed by atoms with Gasteiger partial charge in [-0.25, -0.2) is 0 Å². The van der Waals surface area contributed by atoms with Crippen LogP contribution in [0.3, 0.4) is 0 Å². The van der Waals surface area contributed by atoms with Gasteiger partial charge in [-0.3, -0.25) is 9.89 Å². The lowest BCUT2D eigenvalue weighted by Gasteiger charge is -2.19. The van der Waals surface area contributed by atoms with Gasteiger partial charge in [-0.15, -0.1) is 11.8 Å². The van der Waals surface area contributed by atoms with Crippen LogP contribution in [0.1, 0.15) is 27.6 Å². The Morgan fingerprint density at radius 1 is 1.22 bits per heavy atom. The minimum atomic E-state index is -0.0465. The molecule has 3 aromatic rings. The first kappa shape index (κ1) is 17.9. The van der Waals surface area contributed by atoms with Crippen LogP contribution in [-0.2, 0) is 11.4 Å². The second-order valence-corrected chi connectivity index (χ2v) is 7.83. The molecule has 0 radical (unpaired) electrons. The quantitative estimate of drug-likeness (QED) is 0.665. The minimum absolute atomic E-state index is 0.0425. The molecule has 4 rings (SSSR count). The van der Waals surface area contributed by atoms with Crippen molar-refractivity contribution in [1.29, 1.82) is 0 Å². The van der Waals surface area contributed by atoms with Crippen molar-refractivity contribution in [2.24, 2.45) is 0 Å². The van der Waals surface area contributed by atoms with Crippen LogP contribution in [0, 0.1) is 6.92 Å². The molecule has 0 saturated carbocycles. The fraction of sp³-hybridized carbons (Fsp3) is 0.200. The summed E-state index contributed by atoms with van der Waals surface area (Å²) in [4.78, 5) is 12.0. The van der Waals surface area contributed by atoms with Crippen LogP contribution < -0.4 is 10.1 Å². The Balaban J connectivity index is 1.65. The number of anilines is 1. The van der Waals surface area contributed by atoms with E-state index >= 15 is 0 Å². The van der Waals surface area contributed by atoms with Gasteiger partial charge in [0, 0.05) is 21.8 Å². The number of nitrogens with one attached hydrogen (secondary N) is 2. The maximum absolute atomic E-state index is 12.0. The summed E-state index contributed by atoms with van der Waals surface area (Å²) < 4.78 is 6.12. The Morgan fingerprint density at radius 2 is 2.00 bits per heavy atom. The van der Waals surface area contributed by atoms with Crippen LogP contribution >= 0.6 is 23.4 Å². The van der Waals surface area contributed by atoms with Crippen molar-refractivity contribution in [2.75, 3.05) is 11.1 Å². The topological polar surface area (TPSA) is 67.0 Å². The average molecular weight is 400 g/mol. The van der Waals surface area contributed by atoms with E-state index in [9.17, 15) is 4.79 Å². The summed E-state index contributed by atoms with van der Waals surface area (Å²) in [7, 11) is 0. The summed E-state index contributed by atoms with van der Waals surface area (Å²) in [6.07, 6.45) is 0. The van der Waals surface area contributed by atoms with Crippen LogP contribution in [0.15, 0.2) is 48.5 Å². The van der Waals surface area contributed by atoms with E-state index in [1.807, 2.05) is 55.5 Å². The highest BCUT2D eigenvalue weighted by Gasteiger charge is 2.29. The highest BCUT2D eigenvalue weighted by molar-refractivity contribution is 8.00. The first-order valence-electron chi connectivity index (χ1n) is 8.54. The number of hydrogen-bond donors (Lipinski definition) is 2. The van der Waals surface area contributed by atoms with Crippen molar-refractivity contribution in [3.05, 3.63) is 75.9 Å². The molecule has 1 atom stereocenters. The molecular formula is C20H18ClN3O2S. The number of rotatable bonds is 4. The predicted octanol–water partition coefficient (Wildman–Crippen LogP) is 4.73. The molecule has 0 bridgehead atoms. The number of nitrogens with zero attached hydrogens (tertiary/aromatic N) is 1. The first-order chi connectivity index (χ1) is 13.1. The number of hydrogen-bond acceptors (Lipinski definition) is 4. The van der Waals surface area contributed by atoms with Gasteiger partial charge in [0.2, 0.25) is 5.91 Å². The molecule has 0 aliphatic carbocycles. The first-order valence-corrected chi connectivity index (χ1v) is 9.97. The molecule has 1 amide bonds. The van der Waals surface area contributed by atoms with E-state index < -0.39 is 0 Å². The zero-order valence-corrected chi connectivity index (χ0v) is 16.2. The van der Waals surface area contributed by atoms with Crippen LogP contribution in [0.5, 0.6) is 5.75 Å². The number of aromatic amines is 1. The third-order valence-corrected chi connectivity index (χ3v) is 5.91. The SMILES string of the molecule is Cc1[nH]nc2c1[C@@H](c1ccccc1OCc1ccc(Cl)cc1)SCC(=O)N2. The molecule has 0 unspecified atom stereocenters. The van der Waals surface area contributed by atoms with Crippen molar-refractivity contribution < 1.29 is 9.53 Å². The summed E-state index contributed by atoms with van der Waals surface area (Å²) in [5, 5.41) is 10.8. The number of fused-ring (bicyclic) bond motifs is 1. The van der Waals surface area contributed by atoms with Crippen molar-refractivity contribution in [2.45, 2.75) is 18.8 Å². The molecule has 7 heteroatoms. The summed E-state index contributed by atoms with van der Waals surface area (Å²) in [6.45, 7) is 2.41. The van der Waals surface area contributed by atoms with E-state index in [-0.39, 0.29) is 11.2 Å². The number of carbonyl (C=O) groups is 1. The number of ether oxygens (including phenoxy) is 1. The molecule has 2 N–H and O–H groups in total. The van der Waals surface area contributed by atoms with Crippen LogP contribution in [0.2, 0.25) is 5.02 Å². The van der Waals surface area contributed by atoms with Crippen LogP contribution in [0.4, 0.5) is 5.82 Å². The molecule has 2 heterocycles. The second kappa shape index (κ2) is 7.66. The number of carbonyl (C=O) groups excluding carboxylic acids is 1. The molecule has 0 saturated heterocycles. The van der Waals surface area contributed by atoms with E-state index in [4.69, 9.17) is 16.3 Å². The van der Waals surface area contributed by atoms with E-state index in [0.717, 1.165) is 28.1 Å². The van der Waals surface area contributed by atoms with E-state index in [2.05, 4.69) is 15.5 Å². The highest BCUT2D eigenvalue weighted by atomic mass is 35.5. The Hall–Kier alpha value is -2.44. The molecule has 1 aliphatic heterocycles. The maximum atomic E-state index is 12.0. The normalized spacial score (nSPS) is 16.4. The van der Waals surface area contributed by atoms with Gasteiger partial charge in [0.15, 0.2) is 5.82 Å². The van der Waals surface area contributed by atoms with Gasteiger partial charge in [-0.2, -0.15) is 5.10 Å². The Morgan fingerprint density at radius 3 is 2.81 bits per heavy atom. The maximum Gasteiger partial charge on any atom is 0.235 e. The number of halogens is 1. The summed E-state index contributed by atoms with van der Waals surface area (Å²) >= 11 is 7.52. The van der Waals surface area contributed by atoms with Crippen LogP contribution in [-0.4, -0.2) is 21.9 Å². The van der Waals surface area contributed by atoms with Gasteiger partial charge in [-0.1, -0.05) is 41.9 Å². The molecule has 27 heavy (non-hydrogen) atoms. The molecule has 0 spiro atoms. The molecular weight excluding hydrogens is 382 g/mol. The van der Waals surface area contributed by atoms with Gasteiger partial charge in [0.05, 0.1) is 11.0 Å². The van der Waals surface area contributed by atoms with Gasteiger partial charge < -0.3 is 10.1 Å². The molecule has 5 nitrogen and oxygen atoms in total. The number of amides is 1. The molecule has 1 aliphatic rings. The Bertz CT molecular complexity index is 972. The third kappa shape index (κ3) is 3.82. The number of aromatic nitrogens is 2. The lowest BCUT2D eigenvalue weighted by atomic mass is 10.0. The van der Waals surface area contributed by atoms with Crippen LogP contribution in [0.25, 0.3) is 0 Å². The lowest BCUT2D eigenvalue weighted by Crippen LogP contribution is -2.12. The van der Waals surface area contributed by atoms with Gasteiger partial charge in [0.1, 0.15) is 12.4 Å². The molecule has 138 valence electrons. The van der Waals surface area contributed by atoms with Crippen molar-refractivity contribution >= 4 is 35.1 Å². The summed E-state index contributed by atoms with van der Waals surface area (Å²) in [6, 6.07) is 15.5. The highest BCUT2D eigenvalue weighted by Crippen LogP contribution is 2.45. The van der Waals surface area contributed by atoms with E-state index in [0.29, 0.717) is 23.2 Å². The van der Waals surface area contributed by atoms with Crippen molar-refractivity contribution in [3.8, 4) is 5.75 Å². The number of para-hydroxylation sites is 1. The fourth-order valence-corrected chi connectivity index (χ4v) is 4.43. The minimum Gasteiger partial charge on any atom is -0.489 e. The number of aryl methyl sites for hydroxylation is 1. The summed E-state index contributed by atoms with van der Waals surface area (Å²) in [5.74, 6) is 1.71. The van der Waals surface area contributed by atoms with Gasteiger partial charge >= 0.3 is 0 Å². The molecule has 0 fully saturated rings. The Kier molecular flexibility index (Phi) is 5.09. The number of H-pyrrole nitrogens is 1. The average Bonchev–Trinajstić information content (AvgIpc) is 2.93. The van der Waals surface area contributed by atoms with Gasteiger partial charge in [0.25, 0.3) is 0 Å².